The van der Waals surface area contributed by atoms with E-state index in [0.717, 1.165) is 30.2 Å². The van der Waals surface area contributed by atoms with Gasteiger partial charge in [-0.3, -0.25) is 0 Å². The smallest absolute Gasteiger partial charge is 0.411 e. The topological polar surface area (TPSA) is 103 Å². The van der Waals surface area contributed by atoms with Crippen molar-refractivity contribution in [3.8, 4) is 22.7 Å². The van der Waals surface area contributed by atoms with Gasteiger partial charge in [-0.05, 0) is 54.2 Å². The Morgan fingerprint density at radius 1 is 0.938 bits per heavy atom. The van der Waals surface area contributed by atoms with E-state index in [1.807, 2.05) is 0 Å². The summed E-state index contributed by atoms with van der Waals surface area (Å²) in [7, 11) is 0. The van der Waals surface area contributed by atoms with Crippen molar-refractivity contribution in [3.63, 3.8) is 0 Å². The molecule has 2 heterocycles. The first-order valence-electron chi connectivity index (χ1n) is 8.90. The Kier molecular flexibility index (Phi) is 5.86. The zero-order chi connectivity index (χ0) is 22.7. The van der Waals surface area contributed by atoms with Crippen molar-refractivity contribution in [1.82, 2.24) is 20.2 Å². The molecule has 0 aliphatic rings. The molecule has 0 saturated heterocycles. The highest BCUT2D eigenvalue weighted by atomic mass is 32.2. The van der Waals surface area contributed by atoms with Gasteiger partial charge in [-0.15, -0.1) is 10.2 Å². The molecule has 2 N–H and O–H groups in total. The molecule has 2 aromatic heterocycles. The number of hydrogen-bond donors (Lipinski definition) is 1. The van der Waals surface area contributed by atoms with Gasteiger partial charge in [-0.1, -0.05) is 12.1 Å². The highest BCUT2D eigenvalue weighted by molar-refractivity contribution is 7.99. The number of aliphatic imine (C=N–C) groups is 1. The van der Waals surface area contributed by atoms with Crippen LogP contribution >= 0.6 is 11.8 Å². The molecule has 0 radical (unpaired) electrons. The van der Waals surface area contributed by atoms with Crippen LogP contribution in [-0.4, -0.2) is 26.5 Å². The van der Waals surface area contributed by atoms with Crippen LogP contribution in [0.5, 0.6) is 0 Å². The molecule has 7 nitrogen and oxygen atoms in total. The minimum absolute atomic E-state index is 0.00525. The number of halogens is 4. The van der Waals surface area contributed by atoms with Gasteiger partial charge in [0.25, 0.3) is 11.2 Å². The quantitative estimate of drug-likeness (QED) is 0.191. The van der Waals surface area contributed by atoms with Gasteiger partial charge >= 0.3 is 6.18 Å². The lowest BCUT2D eigenvalue weighted by Crippen LogP contribution is -2.04. The molecule has 0 aliphatic heterocycles. The second-order valence-corrected chi connectivity index (χ2v) is 7.20. The molecule has 0 amide bonds. The lowest BCUT2D eigenvalue weighted by molar-refractivity contribution is -0.137. The van der Waals surface area contributed by atoms with Crippen molar-refractivity contribution < 1.29 is 22.0 Å². The van der Waals surface area contributed by atoms with Gasteiger partial charge in [-0.25, -0.2) is 19.4 Å². The predicted octanol–water partition coefficient (Wildman–Crippen LogP) is 5.12. The van der Waals surface area contributed by atoms with Gasteiger partial charge in [0.15, 0.2) is 0 Å². The largest absolute Gasteiger partial charge is 0.416 e. The van der Waals surface area contributed by atoms with E-state index in [4.69, 9.17) is 10.2 Å². The van der Waals surface area contributed by atoms with Crippen molar-refractivity contribution in [2.45, 2.75) is 16.4 Å². The van der Waals surface area contributed by atoms with E-state index in [-0.39, 0.29) is 17.1 Å². The molecule has 4 aromatic rings. The summed E-state index contributed by atoms with van der Waals surface area (Å²) in [6.45, 7) is 0. The molecule has 0 saturated carbocycles. The minimum Gasteiger partial charge on any atom is -0.411 e. The van der Waals surface area contributed by atoms with Crippen molar-refractivity contribution >= 4 is 24.0 Å². The number of hydrogen-bond acceptors (Lipinski definition) is 7. The van der Waals surface area contributed by atoms with Gasteiger partial charge in [0.1, 0.15) is 10.8 Å². The zero-order valence-electron chi connectivity index (χ0n) is 15.9. The number of rotatable bonds is 5. The predicted molar refractivity (Wildman–Crippen MR) is 109 cm³/mol. The van der Waals surface area contributed by atoms with Crippen LogP contribution in [0.25, 0.3) is 22.7 Å². The summed E-state index contributed by atoms with van der Waals surface area (Å²) in [5.74, 6) is -0.206. The van der Waals surface area contributed by atoms with Crippen LogP contribution in [0.15, 0.2) is 74.3 Å². The maximum absolute atomic E-state index is 13.1. The molecule has 4 rings (SSSR count). The molecule has 0 fully saturated rings. The molecule has 0 atom stereocenters. The third-order valence-corrected chi connectivity index (χ3v) is 4.84. The summed E-state index contributed by atoms with van der Waals surface area (Å²) >= 11 is 1.00. The van der Waals surface area contributed by atoms with Crippen LogP contribution in [0, 0.1) is 5.82 Å². The summed E-state index contributed by atoms with van der Waals surface area (Å²) in [5.41, 5.74) is 5.84. The Balaban J connectivity index is 1.63. The van der Waals surface area contributed by atoms with Gasteiger partial charge in [-0.2, -0.15) is 13.2 Å². The van der Waals surface area contributed by atoms with Crippen LogP contribution in [0.2, 0.25) is 0 Å². The molecular formula is C20H12F4N6OS. The number of nitrogens with zero attached hydrogens (tertiary/aromatic N) is 5. The number of alkyl halides is 3. The Morgan fingerprint density at radius 3 is 2.28 bits per heavy atom. The van der Waals surface area contributed by atoms with Crippen LogP contribution in [0.1, 0.15) is 5.56 Å². The van der Waals surface area contributed by atoms with Gasteiger partial charge in [0.05, 0.1) is 17.6 Å². The van der Waals surface area contributed by atoms with E-state index < -0.39 is 17.6 Å². The van der Waals surface area contributed by atoms with E-state index in [9.17, 15) is 17.6 Å². The first-order valence-corrected chi connectivity index (χ1v) is 9.72. The van der Waals surface area contributed by atoms with Crippen molar-refractivity contribution in [2.24, 2.45) is 10.7 Å². The van der Waals surface area contributed by atoms with E-state index in [0.29, 0.717) is 21.8 Å². The number of benzene rings is 2. The van der Waals surface area contributed by atoms with Crippen molar-refractivity contribution in [1.29, 1.82) is 0 Å². The number of nitrogens with two attached hydrogens (primary N) is 1. The van der Waals surface area contributed by atoms with E-state index >= 15 is 0 Å². The lowest BCUT2D eigenvalue weighted by Gasteiger charge is -2.08. The average molecular weight is 460 g/mol. The van der Waals surface area contributed by atoms with Crippen molar-refractivity contribution in [2.75, 3.05) is 0 Å². The summed E-state index contributed by atoms with van der Waals surface area (Å²) in [6, 6.07) is 11.6. The zero-order valence-corrected chi connectivity index (χ0v) is 16.7. The summed E-state index contributed by atoms with van der Waals surface area (Å²) in [6.07, 6.45) is -3.44. The number of aromatic nitrogens is 4. The Hall–Kier alpha value is -3.80. The van der Waals surface area contributed by atoms with Crippen LogP contribution < -0.4 is 5.73 Å². The standard InChI is InChI=1S/C20H12F4N6OS/c21-14-7-3-12(4-8-14)17-29-30-19(31-17)32-16-9-15(27-18(28-16)26-10-25)11-1-5-13(6-2-11)20(22,23)24/h1-10H,(H2,25,26,27,28). The second-order valence-electron chi connectivity index (χ2n) is 6.23. The molecule has 2 aromatic carbocycles. The maximum Gasteiger partial charge on any atom is 0.416 e. The highest BCUT2D eigenvalue weighted by Gasteiger charge is 2.30. The maximum atomic E-state index is 13.1. The van der Waals surface area contributed by atoms with Gasteiger partial charge < -0.3 is 10.2 Å². The van der Waals surface area contributed by atoms with Crippen LogP contribution in [-0.2, 0) is 6.18 Å². The third kappa shape index (κ3) is 4.91. The molecule has 0 bridgehead atoms. The van der Waals surface area contributed by atoms with E-state index in [1.165, 1.54) is 36.4 Å². The monoisotopic (exact) mass is 460 g/mol. The normalized spacial score (nSPS) is 11.9. The van der Waals surface area contributed by atoms with Gasteiger partial charge in [0.2, 0.25) is 5.89 Å². The van der Waals surface area contributed by atoms with Crippen molar-refractivity contribution in [3.05, 3.63) is 66.0 Å². The second kappa shape index (κ2) is 8.75. The SMILES string of the molecule is N/C=N\c1nc(Sc2nnc(-c3ccc(F)cc3)o2)cc(-c2ccc(C(F)(F)F)cc2)n1. The lowest BCUT2D eigenvalue weighted by atomic mass is 10.1. The first-order chi connectivity index (χ1) is 15.3. The van der Waals surface area contributed by atoms with E-state index in [1.54, 1.807) is 6.07 Å². The molecule has 0 spiro atoms. The molecule has 0 unspecified atom stereocenters. The molecular weight excluding hydrogens is 448 g/mol. The van der Waals surface area contributed by atoms with Gasteiger partial charge in [0, 0.05) is 11.1 Å². The first kappa shape index (κ1) is 21.4. The summed E-state index contributed by atoms with van der Waals surface area (Å²) in [4.78, 5) is 12.3. The fraction of sp³-hybridized carbons (Fsp3) is 0.0500. The van der Waals surface area contributed by atoms with Crippen LogP contribution in [0.3, 0.4) is 0 Å². The third-order valence-electron chi connectivity index (χ3n) is 4.08. The fourth-order valence-corrected chi connectivity index (χ4v) is 3.30. The Bertz CT molecular complexity index is 1260. The average Bonchev–Trinajstić information content (AvgIpc) is 3.22. The molecule has 32 heavy (non-hydrogen) atoms. The Morgan fingerprint density at radius 2 is 1.62 bits per heavy atom. The minimum atomic E-state index is -4.44. The summed E-state index contributed by atoms with van der Waals surface area (Å²) in [5, 5.41) is 8.35. The fourth-order valence-electron chi connectivity index (χ4n) is 2.62. The van der Waals surface area contributed by atoms with E-state index in [2.05, 4.69) is 25.2 Å². The molecule has 162 valence electrons. The highest BCUT2D eigenvalue weighted by Crippen LogP contribution is 2.33. The van der Waals surface area contributed by atoms with Crippen LogP contribution in [0.4, 0.5) is 23.5 Å². The molecule has 0 aliphatic carbocycles. The Labute approximate surface area is 182 Å². The molecule has 12 heteroatoms. The summed E-state index contributed by atoms with van der Waals surface area (Å²) < 4.78 is 57.2.